The number of aromatic nitrogens is 1. The molecule has 1 aromatic heterocycles. The first-order valence-corrected chi connectivity index (χ1v) is 6.16. The Morgan fingerprint density at radius 2 is 1.94 bits per heavy atom. The van der Waals surface area contributed by atoms with Gasteiger partial charge in [-0.2, -0.15) is 5.26 Å². The lowest BCUT2D eigenvalue weighted by Crippen LogP contribution is -2.31. The molecule has 0 N–H and O–H groups in total. The molecule has 0 aliphatic carbocycles. The standard InChI is InChI=1S/C14H21N3/c1-6-12(7-2)17(5)14-8-10(3)16-11(4)13(14)9-15/h8,12H,6-7H2,1-5H3. The zero-order valence-electron chi connectivity index (χ0n) is 11.4. The predicted molar refractivity (Wildman–Crippen MR) is 71.2 cm³/mol. The highest BCUT2D eigenvalue weighted by Crippen LogP contribution is 2.25. The molecule has 0 unspecified atom stereocenters. The SMILES string of the molecule is CCC(CC)N(C)c1cc(C)nc(C)c1C#N. The van der Waals surface area contributed by atoms with Crippen LogP contribution in [-0.4, -0.2) is 18.1 Å². The summed E-state index contributed by atoms with van der Waals surface area (Å²) in [6.45, 7) is 8.23. The average molecular weight is 231 g/mol. The fraction of sp³-hybridized carbons (Fsp3) is 0.571. The zero-order chi connectivity index (χ0) is 13.0. The predicted octanol–water partition coefficient (Wildman–Crippen LogP) is 3.19. The first-order chi connectivity index (χ1) is 8.04. The summed E-state index contributed by atoms with van der Waals surface area (Å²) < 4.78 is 0. The van der Waals surface area contributed by atoms with E-state index >= 15 is 0 Å². The molecule has 1 rings (SSSR count). The van der Waals surface area contributed by atoms with Crippen LogP contribution in [0, 0.1) is 25.2 Å². The summed E-state index contributed by atoms with van der Waals surface area (Å²) in [7, 11) is 2.06. The van der Waals surface area contributed by atoms with Crippen molar-refractivity contribution in [1.29, 1.82) is 5.26 Å². The van der Waals surface area contributed by atoms with Gasteiger partial charge in [0.25, 0.3) is 0 Å². The topological polar surface area (TPSA) is 39.9 Å². The molecule has 0 radical (unpaired) electrons. The minimum Gasteiger partial charge on any atom is -0.370 e. The van der Waals surface area contributed by atoms with Gasteiger partial charge in [0, 0.05) is 18.8 Å². The van der Waals surface area contributed by atoms with Gasteiger partial charge in [-0.15, -0.1) is 0 Å². The molecule has 0 aliphatic rings. The lowest BCUT2D eigenvalue weighted by atomic mass is 10.1. The summed E-state index contributed by atoms with van der Waals surface area (Å²) in [4.78, 5) is 6.56. The molecule has 0 amide bonds. The van der Waals surface area contributed by atoms with Crippen LogP contribution in [0.5, 0.6) is 0 Å². The van der Waals surface area contributed by atoms with Crippen molar-refractivity contribution in [3.63, 3.8) is 0 Å². The summed E-state index contributed by atoms with van der Waals surface area (Å²) in [6.07, 6.45) is 2.16. The maximum absolute atomic E-state index is 9.25. The highest BCUT2D eigenvalue weighted by Gasteiger charge is 2.17. The highest BCUT2D eigenvalue weighted by molar-refractivity contribution is 5.61. The van der Waals surface area contributed by atoms with Gasteiger partial charge in [0.1, 0.15) is 6.07 Å². The largest absolute Gasteiger partial charge is 0.370 e. The number of nitrogens with zero attached hydrogens (tertiary/aromatic N) is 3. The van der Waals surface area contributed by atoms with E-state index in [4.69, 9.17) is 0 Å². The first-order valence-electron chi connectivity index (χ1n) is 6.16. The number of hydrogen-bond acceptors (Lipinski definition) is 3. The van der Waals surface area contributed by atoms with E-state index in [0.717, 1.165) is 29.9 Å². The van der Waals surface area contributed by atoms with Crippen molar-refractivity contribution in [3.05, 3.63) is 23.0 Å². The molecule has 3 nitrogen and oxygen atoms in total. The molecular weight excluding hydrogens is 210 g/mol. The van der Waals surface area contributed by atoms with Gasteiger partial charge < -0.3 is 4.90 Å². The van der Waals surface area contributed by atoms with E-state index in [-0.39, 0.29) is 0 Å². The molecule has 0 fully saturated rings. The van der Waals surface area contributed by atoms with Gasteiger partial charge in [-0.05, 0) is 32.8 Å². The van der Waals surface area contributed by atoms with Crippen LogP contribution >= 0.6 is 0 Å². The Hall–Kier alpha value is -1.56. The summed E-state index contributed by atoms with van der Waals surface area (Å²) in [5, 5.41) is 9.25. The molecule has 0 aromatic carbocycles. The Morgan fingerprint density at radius 3 is 2.41 bits per heavy atom. The molecule has 0 saturated heterocycles. The molecule has 0 spiro atoms. The van der Waals surface area contributed by atoms with Gasteiger partial charge >= 0.3 is 0 Å². The Balaban J connectivity index is 3.25. The van der Waals surface area contributed by atoms with Gasteiger partial charge in [0.15, 0.2) is 0 Å². The lowest BCUT2D eigenvalue weighted by molar-refractivity contribution is 0.590. The number of pyridine rings is 1. The summed E-state index contributed by atoms with van der Waals surface area (Å²) in [5.41, 5.74) is 3.49. The molecule has 3 heteroatoms. The summed E-state index contributed by atoms with van der Waals surface area (Å²) in [5.74, 6) is 0. The molecular formula is C14H21N3. The molecule has 92 valence electrons. The molecule has 0 aliphatic heterocycles. The number of anilines is 1. The monoisotopic (exact) mass is 231 g/mol. The van der Waals surface area contributed by atoms with E-state index in [1.165, 1.54) is 0 Å². The fourth-order valence-corrected chi connectivity index (χ4v) is 2.26. The van der Waals surface area contributed by atoms with Crippen molar-refractivity contribution in [2.75, 3.05) is 11.9 Å². The quantitative estimate of drug-likeness (QED) is 0.799. The lowest BCUT2D eigenvalue weighted by Gasteiger charge is -2.29. The average Bonchev–Trinajstić information content (AvgIpc) is 2.29. The van der Waals surface area contributed by atoms with Crippen LogP contribution in [0.4, 0.5) is 5.69 Å². The minimum atomic E-state index is 0.475. The van der Waals surface area contributed by atoms with Crippen molar-refractivity contribution >= 4 is 5.69 Å². The van der Waals surface area contributed by atoms with Crippen LogP contribution in [0.3, 0.4) is 0 Å². The van der Waals surface area contributed by atoms with E-state index in [0.29, 0.717) is 11.6 Å². The van der Waals surface area contributed by atoms with E-state index in [1.807, 2.05) is 19.9 Å². The van der Waals surface area contributed by atoms with Crippen molar-refractivity contribution in [2.45, 2.75) is 46.6 Å². The third kappa shape index (κ3) is 2.76. The van der Waals surface area contributed by atoms with E-state index in [1.54, 1.807) is 0 Å². The van der Waals surface area contributed by atoms with Gasteiger partial charge in [-0.3, -0.25) is 4.98 Å². The summed E-state index contributed by atoms with van der Waals surface area (Å²) in [6, 6.07) is 4.75. The normalized spacial score (nSPS) is 10.4. The van der Waals surface area contributed by atoms with E-state index in [9.17, 15) is 5.26 Å². The Morgan fingerprint density at radius 1 is 1.35 bits per heavy atom. The van der Waals surface area contributed by atoms with Crippen LogP contribution in [0.1, 0.15) is 43.6 Å². The second kappa shape index (κ2) is 5.67. The van der Waals surface area contributed by atoms with Crippen molar-refractivity contribution in [2.24, 2.45) is 0 Å². The Kier molecular flexibility index (Phi) is 4.51. The second-order valence-electron chi connectivity index (χ2n) is 4.44. The minimum absolute atomic E-state index is 0.475. The van der Waals surface area contributed by atoms with Gasteiger partial charge in [-0.1, -0.05) is 13.8 Å². The molecule has 1 heterocycles. The number of hydrogen-bond donors (Lipinski definition) is 0. The smallest absolute Gasteiger partial charge is 0.103 e. The third-order valence-electron chi connectivity index (χ3n) is 3.29. The van der Waals surface area contributed by atoms with Gasteiger partial charge in [0.2, 0.25) is 0 Å². The van der Waals surface area contributed by atoms with Gasteiger partial charge in [-0.25, -0.2) is 0 Å². The Bertz CT molecular complexity index is 428. The van der Waals surface area contributed by atoms with Crippen LogP contribution in [-0.2, 0) is 0 Å². The molecule has 0 bridgehead atoms. The van der Waals surface area contributed by atoms with Crippen LogP contribution < -0.4 is 4.90 Å². The third-order valence-corrected chi connectivity index (χ3v) is 3.29. The highest BCUT2D eigenvalue weighted by atomic mass is 15.1. The maximum atomic E-state index is 9.25. The zero-order valence-corrected chi connectivity index (χ0v) is 11.4. The van der Waals surface area contributed by atoms with Crippen LogP contribution in [0.2, 0.25) is 0 Å². The number of aryl methyl sites for hydroxylation is 2. The fourth-order valence-electron chi connectivity index (χ4n) is 2.26. The Labute approximate surface area is 104 Å². The molecule has 0 atom stereocenters. The van der Waals surface area contributed by atoms with Crippen molar-refractivity contribution < 1.29 is 0 Å². The van der Waals surface area contributed by atoms with E-state index in [2.05, 4.69) is 36.8 Å². The first kappa shape index (κ1) is 13.5. The van der Waals surface area contributed by atoms with Crippen LogP contribution in [0.25, 0.3) is 0 Å². The molecule has 0 saturated carbocycles. The number of nitriles is 1. The van der Waals surface area contributed by atoms with E-state index < -0.39 is 0 Å². The molecule has 1 aromatic rings. The molecule has 17 heavy (non-hydrogen) atoms. The summed E-state index contributed by atoms with van der Waals surface area (Å²) >= 11 is 0. The van der Waals surface area contributed by atoms with Crippen molar-refractivity contribution in [1.82, 2.24) is 4.98 Å². The van der Waals surface area contributed by atoms with Gasteiger partial charge in [0.05, 0.1) is 16.9 Å². The number of rotatable bonds is 4. The van der Waals surface area contributed by atoms with Crippen molar-refractivity contribution in [3.8, 4) is 6.07 Å². The second-order valence-corrected chi connectivity index (χ2v) is 4.44. The maximum Gasteiger partial charge on any atom is 0.103 e. The van der Waals surface area contributed by atoms with Crippen LogP contribution in [0.15, 0.2) is 6.07 Å².